The fourth-order valence-corrected chi connectivity index (χ4v) is 4.33. The Labute approximate surface area is 121 Å². The fourth-order valence-electron chi connectivity index (χ4n) is 2.36. The van der Waals surface area contributed by atoms with Crippen LogP contribution in [-0.4, -0.2) is 21.9 Å². The topological polar surface area (TPSA) is 54.9 Å². The van der Waals surface area contributed by atoms with Gasteiger partial charge in [-0.15, -0.1) is 10.2 Å². The van der Waals surface area contributed by atoms with E-state index in [4.69, 9.17) is 0 Å². The summed E-state index contributed by atoms with van der Waals surface area (Å²) in [6.07, 6.45) is 8.38. The number of aromatic nitrogens is 2. The van der Waals surface area contributed by atoms with Crippen LogP contribution in [-0.2, 0) is 4.79 Å². The number of carbonyl (C=O) groups is 1. The number of hydrogen-bond acceptors (Lipinski definition) is 5. The van der Waals surface area contributed by atoms with Crippen LogP contribution in [0.4, 0.5) is 5.13 Å². The van der Waals surface area contributed by atoms with Gasteiger partial charge in [0.1, 0.15) is 0 Å². The first-order valence-electron chi connectivity index (χ1n) is 7.08. The molecule has 1 N–H and O–H groups in total. The van der Waals surface area contributed by atoms with Gasteiger partial charge in [-0.2, -0.15) is 0 Å². The molecule has 0 atom stereocenters. The molecule has 6 heteroatoms. The molecule has 4 nitrogen and oxygen atoms in total. The first-order chi connectivity index (χ1) is 9.31. The molecular weight excluding hydrogens is 278 g/mol. The van der Waals surface area contributed by atoms with Gasteiger partial charge in [-0.1, -0.05) is 42.4 Å². The lowest BCUT2D eigenvalue weighted by Gasteiger charge is -2.19. The summed E-state index contributed by atoms with van der Waals surface area (Å²) >= 11 is 3.27. The molecular formula is C13H19N3OS2. The monoisotopic (exact) mass is 297 g/mol. The third-order valence-electron chi connectivity index (χ3n) is 3.75. The van der Waals surface area contributed by atoms with Crippen molar-refractivity contribution in [2.24, 2.45) is 11.8 Å². The molecule has 2 aliphatic carbocycles. The second kappa shape index (κ2) is 6.22. The number of thioether (sulfide) groups is 1. The van der Waals surface area contributed by atoms with E-state index in [2.05, 4.69) is 15.5 Å². The Morgan fingerprint density at radius 2 is 2.00 bits per heavy atom. The van der Waals surface area contributed by atoms with Crippen molar-refractivity contribution in [1.29, 1.82) is 0 Å². The molecule has 1 aromatic heterocycles. The smallest absolute Gasteiger partial charge is 0.229 e. The minimum Gasteiger partial charge on any atom is -0.300 e. The summed E-state index contributed by atoms with van der Waals surface area (Å²) in [5.41, 5.74) is 0. The number of hydrogen-bond donors (Lipinski definition) is 1. The number of nitrogens with zero attached hydrogens (tertiary/aromatic N) is 2. The molecule has 0 aromatic carbocycles. The molecule has 1 heterocycles. The molecule has 0 spiro atoms. The van der Waals surface area contributed by atoms with E-state index in [9.17, 15) is 4.79 Å². The molecule has 104 valence electrons. The van der Waals surface area contributed by atoms with Crippen LogP contribution in [0.15, 0.2) is 4.34 Å². The van der Waals surface area contributed by atoms with Crippen molar-refractivity contribution in [2.45, 2.75) is 49.3 Å². The fraction of sp³-hybridized carbons (Fsp3) is 0.769. The van der Waals surface area contributed by atoms with Gasteiger partial charge in [-0.3, -0.25) is 4.79 Å². The number of carbonyl (C=O) groups excluding carboxylic acids is 1. The van der Waals surface area contributed by atoms with Gasteiger partial charge >= 0.3 is 0 Å². The quantitative estimate of drug-likeness (QED) is 0.667. The highest BCUT2D eigenvalue weighted by Crippen LogP contribution is 2.36. The van der Waals surface area contributed by atoms with Crippen LogP contribution in [0.3, 0.4) is 0 Å². The van der Waals surface area contributed by atoms with Crippen molar-refractivity contribution in [3.8, 4) is 0 Å². The molecule has 0 bridgehead atoms. The molecule has 0 aliphatic heterocycles. The Kier molecular flexibility index (Phi) is 4.38. The highest BCUT2D eigenvalue weighted by Gasteiger charge is 2.23. The Bertz CT molecular complexity index is 439. The molecule has 19 heavy (non-hydrogen) atoms. The van der Waals surface area contributed by atoms with Gasteiger partial charge in [0.2, 0.25) is 11.0 Å². The first kappa shape index (κ1) is 13.4. The van der Waals surface area contributed by atoms with Crippen LogP contribution in [0.5, 0.6) is 0 Å². The van der Waals surface area contributed by atoms with Gasteiger partial charge in [0.25, 0.3) is 0 Å². The van der Waals surface area contributed by atoms with Crippen molar-refractivity contribution in [3.63, 3.8) is 0 Å². The molecule has 2 aliphatic rings. The maximum Gasteiger partial charge on any atom is 0.229 e. The molecule has 2 fully saturated rings. The van der Waals surface area contributed by atoms with Crippen molar-refractivity contribution in [2.75, 3.05) is 11.1 Å². The first-order valence-corrected chi connectivity index (χ1v) is 8.88. The summed E-state index contributed by atoms with van der Waals surface area (Å²) < 4.78 is 0.978. The van der Waals surface area contributed by atoms with Gasteiger partial charge in [0, 0.05) is 11.7 Å². The van der Waals surface area contributed by atoms with E-state index in [1.54, 1.807) is 11.8 Å². The Balaban J connectivity index is 1.49. The van der Waals surface area contributed by atoms with Gasteiger partial charge in [-0.25, -0.2) is 0 Å². The van der Waals surface area contributed by atoms with E-state index in [0.29, 0.717) is 5.13 Å². The van der Waals surface area contributed by atoms with Crippen LogP contribution >= 0.6 is 23.1 Å². The van der Waals surface area contributed by atoms with Crippen LogP contribution < -0.4 is 5.32 Å². The van der Waals surface area contributed by atoms with Crippen molar-refractivity contribution >= 4 is 34.1 Å². The summed E-state index contributed by atoms with van der Waals surface area (Å²) in [4.78, 5) is 12.1. The zero-order chi connectivity index (χ0) is 13.1. The number of rotatable bonds is 5. The number of anilines is 1. The van der Waals surface area contributed by atoms with E-state index in [0.717, 1.165) is 28.9 Å². The Morgan fingerprint density at radius 1 is 1.21 bits per heavy atom. The zero-order valence-electron chi connectivity index (χ0n) is 10.9. The minimum absolute atomic E-state index is 0.134. The molecule has 0 radical (unpaired) electrons. The molecule has 0 saturated heterocycles. The molecule has 1 aromatic rings. The number of nitrogens with one attached hydrogen (secondary N) is 1. The van der Waals surface area contributed by atoms with E-state index in [1.807, 2.05) is 0 Å². The van der Waals surface area contributed by atoms with Crippen molar-refractivity contribution in [1.82, 2.24) is 10.2 Å². The second-order valence-corrected chi connectivity index (χ2v) is 7.70. The highest BCUT2D eigenvalue weighted by atomic mass is 32.2. The maximum atomic E-state index is 12.1. The Morgan fingerprint density at radius 3 is 2.74 bits per heavy atom. The van der Waals surface area contributed by atoms with Crippen molar-refractivity contribution in [3.05, 3.63) is 0 Å². The summed E-state index contributed by atoms with van der Waals surface area (Å²) in [6.45, 7) is 0. The van der Waals surface area contributed by atoms with Crippen LogP contribution in [0.2, 0.25) is 0 Å². The predicted octanol–water partition coefficient (Wildman–Crippen LogP) is 3.56. The van der Waals surface area contributed by atoms with Gasteiger partial charge in [0.05, 0.1) is 0 Å². The maximum absolute atomic E-state index is 12.1. The van der Waals surface area contributed by atoms with E-state index in [-0.39, 0.29) is 11.8 Å². The van der Waals surface area contributed by atoms with Gasteiger partial charge in [0.15, 0.2) is 4.34 Å². The van der Waals surface area contributed by atoms with E-state index >= 15 is 0 Å². The summed E-state index contributed by atoms with van der Waals surface area (Å²) in [6, 6.07) is 0. The third kappa shape index (κ3) is 3.92. The van der Waals surface area contributed by atoms with Gasteiger partial charge in [-0.05, 0) is 31.6 Å². The summed E-state index contributed by atoms with van der Waals surface area (Å²) in [5.74, 6) is 2.34. The van der Waals surface area contributed by atoms with Crippen LogP contribution in [0.1, 0.15) is 44.9 Å². The average Bonchev–Trinajstić information content (AvgIpc) is 3.17. The molecule has 0 unspecified atom stereocenters. The lowest BCUT2D eigenvalue weighted by molar-refractivity contribution is -0.120. The van der Waals surface area contributed by atoms with E-state index in [1.165, 1.54) is 43.4 Å². The van der Waals surface area contributed by atoms with Crippen LogP contribution in [0.25, 0.3) is 0 Å². The van der Waals surface area contributed by atoms with Gasteiger partial charge < -0.3 is 5.32 Å². The zero-order valence-corrected chi connectivity index (χ0v) is 12.6. The molecule has 2 saturated carbocycles. The van der Waals surface area contributed by atoms with E-state index < -0.39 is 0 Å². The molecule has 1 amide bonds. The van der Waals surface area contributed by atoms with Crippen LogP contribution in [0, 0.1) is 11.8 Å². The predicted molar refractivity (Wildman–Crippen MR) is 78.6 cm³/mol. The second-order valence-electron chi connectivity index (χ2n) is 5.45. The largest absolute Gasteiger partial charge is 0.300 e. The third-order valence-corrected chi connectivity index (χ3v) is 5.96. The van der Waals surface area contributed by atoms with Crippen molar-refractivity contribution < 1.29 is 4.79 Å². The Hall–Kier alpha value is -0.620. The lowest BCUT2D eigenvalue weighted by atomic mass is 9.89. The lowest BCUT2D eigenvalue weighted by Crippen LogP contribution is -2.24. The summed E-state index contributed by atoms with van der Waals surface area (Å²) in [5, 5.41) is 11.8. The summed E-state index contributed by atoms with van der Waals surface area (Å²) in [7, 11) is 0. The normalized spacial score (nSPS) is 20.4. The SMILES string of the molecule is O=C(Nc1nnc(SCC2CC2)s1)C1CCCCC1. The number of amides is 1. The minimum atomic E-state index is 0.134. The highest BCUT2D eigenvalue weighted by molar-refractivity contribution is 8.01. The molecule has 3 rings (SSSR count). The average molecular weight is 297 g/mol. The standard InChI is InChI=1S/C13H19N3OS2/c17-11(10-4-2-1-3-5-10)14-12-15-16-13(19-12)18-8-9-6-7-9/h9-10H,1-8H2,(H,14,15,17).